The minimum absolute atomic E-state index is 0.367. The van der Waals surface area contributed by atoms with Gasteiger partial charge in [-0.15, -0.1) is 0 Å². The smallest absolute Gasteiger partial charge is 0.131 e. The van der Waals surface area contributed by atoms with Crippen molar-refractivity contribution in [3.8, 4) is 22.3 Å². The lowest BCUT2D eigenvalue weighted by Crippen LogP contribution is -2.13. The van der Waals surface area contributed by atoms with E-state index in [4.69, 9.17) is 5.73 Å². The van der Waals surface area contributed by atoms with Crippen molar-refractivity contribution in [3.05, 3.63) is 60.8 Å². The van der Waals surface area contributed by atoms with Crippen molar-refractivity contribution in [2.75, 3.05) is 12.3 Å². The summed E-state index contributed by atoms with van der Waals surface area (Å²) in [5.41, 5.74) is 11.4. The van der Waals surface area contributed by atoms with Crippen molar-refractivity contribution in [1.29, 1.82) is 0 Å². The molecule has 1 saturated heterocycles. The second-order valence-electron chi connectivity index (χ2n) is 6.95. The van der Waals surface area contributed by atoms with E-state index in [-0.39, 0.29) is 0 Å². The van der Waals surface area contributed by atoms with E-state index in [0.717, 1.165) is 35.2 Å². The minimum Gasteiger partial charge on any atom is -0.383 e. The molecule has 3 aromatic heterocycles. The van der Waals surface area contributed by atoms with Crippen LogP contribution in [0.2, 0.25) is 0 Å². The van der Waals surface area contributed by atoms with E-state index in [9.17, 15) is 0 Å². The molecule has 1 aromatic carbocycles. The lowest BCUT2D eigenvalue weighted by molar-refractivity contribution is 0.653. The molecule has 1 atom stereocenters. The molecule has 5 rings (SSSR count). The molecule has 4 N–H and O–H groups in total. The number of anilines is 1. The quantitative estimate of drug-likeness (QED) is 0.520. The lowest BCUT2D eigenvalue weighted by Gasteiger charge is -2.16. The van der Waals surface area contributed by atoms with Gasteiger partial charge < -0.3 is 11.1 Å². The average molecular weight is 356 g/mol. The van der Waals surface area contributed by atoms with Crippen LogP contribution in [0.4, 0.5) is 5.82 Å². The summed E-state index contributed by atoms with van der Waals surface area (Å²) in [5.74, 6) is 0.503. The van der Waals surface area contributed by atoms with Gasteiger partial charge in [0.2, 0.25) is 0 Å². The van der Waals surface area contributed by atoms with E-state index in [0.29, 0.717) is 11.9 Å². The number of fused-ring (bicyclic) bond motifs is 1. The second-order valence-corrected chi connectivity index (χ2v) is 6.95. The zero-order chi connectivity index (χ0) is 18.2. The first-order chi connectivity index (χ1) is 13.3. The van der Waals surface area contributed by atoms with Gasteiger partial charge in [-0.25, -0.2) is 4.98 Å². The van der Waals surface area contributed by atoms with Gasteiger partial charge in [0.15, 0.2) is 0 Å². The molecular formula is C21H20N6. The normalized spacial score (nSPS) is 16.8. The Hall–Kier alpha value is -3.25. The van der Waals surface area contributed by atoms with E-state index in [1.165, 1.54) is 22.8 Å². The van der Waals surface area contributed by atoms with Gasteiger partial charge in [0.1, 0.15) is 5.82 Å². The van der Waals surface area contributed by atoms with Crippen LogP contribution >= 0.6 is 0 Å². The van der Waals surface area contributed by atoms with Crippen molar-refractivity contribution >= 4 is 16.6 Å². The first-order valence-electron chi connectivity index (χ1n) is 9.16. The lowest BCUT2D eigenvalue weighted by atomic mass is 9.93. The third-order valence-corrected chi connectivity index (χ3v) is 5.28. The summed E-state index contributed by atoms with van der Waals surface area (Å²) in [6, 6.07) is 8.98. The molecule has 0 spiro atoms. The number of pyridine rings is 2. The molecule has 1 fully saturated rings. The first kappa shape index (κ1) is 16.0. The summed E-state index contributed by atoms with van der Waals surface area (Å²) in [7, 11) is 0. The summed E-state index contributed by atoms with van der Waals surface area (Å²) in [6.07, 6.45) is 11.6. The molecule has 0 aliphatic carbocycles. The van der Waals surface area contributed by atoms with Crippen LogP contribution in [0.15, 0.2) is 55.2 Å². The molecule has 0 unspecified atom stereocenters. The maximum absolute atomic E-state index is 6.11. The van der Waals surface area contributed by atoms with Crippen molar-refractivity contribution < 1.29 is 0 Å². The van der Waals surface area contributed by atoms with Gasteiger partial charge in [-0.05, 0) is 60.2 Å². The van der Waals surface area contributed by atoms with E-state index in [1.54, 1.807) is 6.20 Å². The molecule has 6 nitrogen and oxygen atoms in total. The zero-order valence-electron chi connectivity index (χ0n) is 14.8. The molecule has 4 aromatic rings. The van der Waals surface area contributed by atoms with Crippen molar-refractivity contribution in [2.24, 2.45) is 0 Å². The number of hydrogen-bond donors (Lipinski definition) is 3. The van der Waals surface area contributed by atoms with Gasteiger partial charge in [0.25, 0.3) is 0 Å². The number of aromatic amines is 1. The Morgan fingerprint density at radius 2 is 2.00 bits per heavy atom. The number of H-pyrrole nitrogens is 1. The molecule has 0 bridgehead atoms. The molecule has 27 heavy (non-hydrogen) atoms. The molecule has 4 heterocycles. The van der Waals surface area contributed by atoms with Crippen LogP contribution in [0.25, 0.3) is 33.0 Å². The second kappa shape index (κ2) is 6.48. The largest absolute Gasteiger partial charge is 0.383 e. The molecular weight excluding hydrogens is 336 g/mol. The molecule has 0 radical (unpaired) electrons. The number of aromatic nitrogens is 4. The van der Waals surface area contributed by atoms with Gasteiger partial charge in [0, 0.05) is 52.9 Å². The summed E-state index contributed by atoms with van der Waals surface area (Å²) < 4.78 is 0. The first-order valence-corrected chi connectivity index (χ1v) is 9.16. The fourth-order valence-corrected chi connectivity index (χ4v) is 3.89. The molecule has 0 saturated carbocycles. The summed E-state index contributed by atoms with van der Waals surface area (Å²) in [5, 5.41) is 12.9. The van der Waals surface area contributed by atoms with E-state index in [2.05, 4.69) is 49.7 Å². The predicted molar refractivity (Wildman–Crippen MR) is 107 cm³/mol. The van der Waals surface area contributed by atoms with Gasteiger partial charge in [-0.1, -0.05) is 0 Å². The average Bonchev–Trinajstić information content (AvgIpc) is 3.41. The third kappa shape index (κ3) is 2.84. The summed E-state index contributed by atoms with van der Waals surface area (Å²) in [6.45, 7) is 1.06. The fourth-order valence-electron chi connectivity index (χ4n) is 3.89. The van der Waals surface area contributed by atoms with Crippen LogP contribution in [-0.2, 0) is 0 Å². The Bertz CT molecular complexity index is 1100. The van der Waals surface area contributed by atoms with Crippen molar-refractivity contribution in [1.82, 2.24) is 25.5 Å². The topological polar surface area (TPSA) is 92.5 Å². The number of nitrogens with one attached hydrogen (secondary N) is 2. The maximum atomic E-state index is 6.11. The van der Waals surface area contributed by atoms with E-state index in [1.807, 2.05) is 24.8 Å². The number of hydrogen-bond acceptors (Lipinski definition) is 5. The number of benzene rings is 1. The molecule has 0 amide bonds. The highest BCUT2D eigenvalue weighted by Crippen LogP contribution is 2.35. The summed E-state index contributed by atoms with van der Waals surface area (Å²) >= 11 is 0. The molecule has 1 aliphatic rings. The number of nitrogens with two attached hydrogens (primary N) is 1. The number of nitrogens with zero attached hydrogens (tertiary/aromatic N) is 3. The number of nitrogen functional groups attached to an aromatic ring is 1. The van der Waals surface area contributed by atoms with Gasteiger partial charge >= 0.3 is 0 Å². The van der Waals surface area contributed by atoms with Crippen LogP contribution in [0.5, 0.6) is 0 Å². The van der Waals surface area contributed by atoms with Crippen LogP contribution in [0, 0.1) is 0 Å². The van der Waals surface area contributed by atoms with E-state index < -0.39 is 0 Å². The zero-order valence-corrected chi connectivity index (χ0v) is 14.8. The molecule has 134 valence electrons. The van der Waals surface area contributed by atoms with Crippen LogP contribution in [0.1, 0.15) is 24.4 Å². The highest BCUT2D eigenvalue weighted by molar-refractivity contribution is 5.91. The van der Waals surface area contributed by atoms with Crippen LogP contribution in [0.3, 0.4) is 0 Å². The summed E-state index contributed by atoms with van der Waals surface area (Å²) in [4.78, 5) is 8.77. The highest BCUT2D eigenvalue weighted by atomic mass is 15.1. The Labute approximate surface area is 156 Å². The van der Waals surface area contributed by atoms with Gasteiger partial charge in [0.05, 0.1) is 6.20 Å². The Kier molecular flexibility index (Phi) is 3.83. The SMILES string of the molecule is Nc1ncc(-c2cc([C@H]3CCCN3)c3cnccc3c2)cc1-c1cn[nH]c1. The predicted octanol–water partition coefficient (Wildman–Crippen LogP) is 3.69. The Morgan fingerprint density at radius 3 is 2.81 bits per heavy atom. The Balaban J connectivity index is 1.68. The molecule has 1 aliphatic heterocycles. The Morgan fingerprint density at radius 1 is 1.04 bits per heavy atom. The fraction of sp³-hybridized carbons (Fsp3) is 0.190. The van der Waals surface area contributed by atoms with Crippen molar-refractivity contribution in [2.45, 2.75) is 18.9 Å². The van der Waals surface area contributed by atoms with E-state index >= 15 is 0 Å². The highest BCUT2D eigenvalue weighted by Gasteiger charge is 2.20. The van der Waals surface area contributed by atoms with Gasteiger partial charge in [-0.2, -0.15) is 5.10 Å². The van der Waals surface area contributed by atoms with Crippen LogP contribution < -0.4 is 11.1 Å². The maximum Gasteiger partial charge on any atom is 0.131 e. The standard InChI is InChI=1S/C21H20N6/c22-21-17(16-10-26-27-11-16)8-15(9-25-21)14-6-13-3-5-23-12-19(13)18(7-14)20-2-1-4-24-20/h3,5-12,20,24H,1-2,4H2,(H2,22,25)(H,26,27)/t20-/m1/s1. The monoisotopic (exact) mass is 356 g/mol. The van der Waals surface area contributed by atoms with Crippen molar-refractivity contribution in [3.63, 3.8) is 0 Å². The third-order valence-electron chi connectivity index (χ3n) is 5.28. The van der Waals surface area contributed by atoms with Gasteiger partial charge in [-0.3, -0.25) is 10.1 Å². The number of rotatable bonds is 3. The van der Waals surface area contributed by atoms with Crippen LogP contribution in [-0.4, -0.2) is 26.7 Å². The minimum atomic E-state index is 0.367. The molecule has 6 heteroatoms.